The third kappa shape index (κ3) is 4.62. The van der Waals surface area contributed by atoms with E-state index in [4.69, 9.17) is 5.10 Å². The molecule has 4 rings (SSSR count). The molecule has 1 amide bonds. The van der Waals surface area contributed by atoms with Crippen LogP contribution in [0.1, 0.15) is 17.7 Å². The van der Waals surface area contributed by atoms with Gasteiger partial charge in [0.15, 0.2) is 0 Å². The van der Waals surface area contributed by atoms with Crippen LogP contribution < -0.4 is 5.32 Å². The highest BCUT2D eigenvalue weighted by Crippen LogP contribution is 2.23. The number of benzene rings is 2. The Morgan fingerprint density at radius 3 is 2.43 bits per heavy atom. The molecule has 7 heteroatoms. The number of para-hydroxylation sites is 1. The molecule has 2 aromatic heterocycles. The van der Waals surface area contributed by atoms with Crippen LogP contribution >= 0.6 is 22.6 Å². The molecule has 152 valence electrons. The fraction of sp³-hybridized carbons (Fsp3) is 0.174. The van der Waals surface area contributed by atoms with Crippen LogP contribution in [0.5, 0.6) is 0 Å². The fourth-order valence-corrected chi connectivity index (χ4v) is 3.63. The van der Waals surface area contributed by atoms with E-state index in [2.05, 4.69) is 33.0 Å². The highest BCUT2D eigenvalue weighted by molar-refractivity contribution is 14.1. The molecule has 1 N–H and O–H groups in total. The van der Waals surface area contributed by atoms with E-state index < -0.39 is 0 Å². The van der Waals surface area contributed by atoms with Gasteiger partial charge < -0.3 is 5.32 Å². The maximum Gasteiger partial charge on any atom is 0.222 e. The Balaban J connectivity index is 1.49. The molecule has 0 spiro atoms. The number of halogens is 1. The second-order valence-electron chi connectivity index (χ2n) is 6.98. The summed E-state index contributed by atoms with van der Waals surface area (Å²) < 4.78 is 4.83. The van der Waals surface area contributed by atoms with Crippen molar-refractivity contribution in [2.45, 2.75) is 26.4 Å². The van der Waals surface area contributed by atoms with Gasteiger partial charge in [0, 0.05) is 42.5 Å². The van der Waals surface area contributed by atoms with Gasteiger partial charge in [0.25, 0.3) is 0 Å². The van der Waals surface area contributed by atoms with Crippen molar-refractivity contribution < 1.29 is 4.79 Å². The molecule has 0 atom stereocenters. The molecule has 0 saturated carbocycles. The zero-order valence-electron chi connectivity index (χ0n) is 16.6. The van der Waals surface area contributed by atoms with Crippen molar-refractivity contribution in [1.29, 1.82) is 0 Å². The molecule has 0 aliphatic carbocycles. The highest BCUT2D eigenvalue weighted by atomic mass is 127. The number of rotatable bonds is 7. The number of amides is 1. The van der Waals surface area contributed by atoms with Gasteiger partial charge >= 0.3 is 0 Å². The van der Waals surface area contributed by atoms with E-state index in [1.165, 1.54) is 0 Å². The molecule has 2 heterocycles. The van der Waals surface area contributed by atoms with E-state index in [-0.39, 0.29) is 5.91 Å². The maximum atomic E-state index is 12.5. The zero-order valence-corrected chi connectivity index (χ0v) is 18.8. The van der Waals surface area contributed by atoms with Crippen LogP contribution in [0.25, 0.3) is 16.9 Å². The van der Waals surface area contributed by atoms with Crippen LogP contribution in [0.4, 0.5) is 0 Å². The first-order chi connectivity index (χ1) is 14.6. The number of hydrogen-bond donors (Lipinski definition) is 1. The molecular formula is C23H22IN5O. The molecular weight excluding hydrogens is 489 g/mol. The first-order valence-corrected chi connectivity index (χ1v) is 10.8. The van der Waals surface area contributed by atoms with Gasteiger partial charge in [-0.3, -0.25) is 9.48 Å². The lowest BCUT2D eigenvalue weighted by molar-refractivity contribution is -0.121. The van der Waals surface area contributed by atoms with Gasteiger partial charge in [0.1, 0.15) is 0 Å². The Hall–Kier alpha value is -2.94. The van der Waals surface area contributed by atoms with Gasteiger partial charge in [-0.15, -0.1) is 0 Å². The largest absolute Gasteiger partial charge is 0.352 e. The summed E-state index contributed by atoms with van der Waals surface area (Å²) in [5, 5.41) is 12.1. The molecule has 0 radical (unpaired) electrons. The first-order valence-electron chi connectivity index (χ1n) is 9.76. The van der Waals surface area contributed by atoms with Crippen LogP contribution in [0, 0.1) is 10.5 Å². The SMILES string of the molecule is Cc1c(I)cnn1CCC(=O)NCc1cn(-c2ccccc2)nc1-c1ccccc1. The van der Waals surface area contributed by atoms with Gasteiger partial charge in [-0.05, 0) is 41.6 Å². The van der Waals surface area contributed by atoms with Gasteiger partial charge in [-0.2, -0.15) is 10.2 Å². The van der Waals surface area contributed by atoms with E-state index in [1.807, 2.05) is 89.3 Å². The number of aromatic nitrogens is 4. The molecule has 6 nitrogen and oxygen atoms in total. The smallest absolute Gasteiger partial charge is 0.222 e. The van der Waals surface area contributed by atoms with Crippen molar-refractivity contribution >= 4 is 28.5 Å². The zero-order chi connectivity index (χ0) is 20.9. The lowest BCUT2D eigenvalue weighted by atomic mass is 10.1. The first kappa shape index (κ1) is 20.3. The molecule has 0 aliphatic heterocycles. The Labute approximate surface area is 189 Å². The summed E-state index contributed by atoms with van der Waals surface area (Å²) in [5.74, 6) is -0.00798. The van der Waals surface area contributed by atoms with Gasteiger partial charge in [0.05, 0.1) is 21.1 Å². The predicted octanol–water partition coefficient (Wildman–Crippen LogP) is 4.36. The minimum absolute atomic E-state index is 0.00798. The van der Waals surface area contributed by atoms with Crippen molar-refractivity contribution in [1.82, 2.24) is 24.9 Å². The van der Waals surface area contributed by atoms with Gasteiger partial charge in [-0.25, -0.2) is 4.68 Å². The summed E-state index contributed by atoms with van der Waals surface area (Å²) in [6.07, 6.45) is 4.18. The number of carbonyl (C=O) groups excluding carboxylic acids is 1. The second-order valence-corrected chi connectivity index (χ2v) is 8.14. The normalized spacial score (nSPS) is 10.9. The summed E-state index contributed by atoms with van der Waals surface area (Å²) >= 11 is 2.25. The van der Waals surface area contributed by atoms with Crippen LogP contribution in [-0.2, 0) is 17.9 Å². The lowest BCUT2D eigenvalue weighted by Crippen LogP contribution is -2.24. The number of nitrogens with zero attached hydrogens (tertiary/aromatic N) is 4. The summed E-state index contributed by atoms with van der Waals surface area (Å²) in [4.78, 5) is 12.5. The number of carbonyl (C=O) groups is 1. The predicted molar refractivity (Wildman–Crippen MR) is 125 cm³/mol. The molecule has 0 saturated heterocycles. The van der Waals surface area contributed by atoms with Crippen LogP contribution in [0.2, 0.25) is 0 Å². The Bertz CT molecular complexity index is 1140. The van der Waals surface area contributed by atoms with E-state index in [0.717, 1.165) is 31.8 Å². The molecule has 0 fully saturated rings. The Morgan fingerprint density at radius 1 is 1.07 bits per heavy atom. The lowest BCUT2D eigenvalue weighted by Gasteiger charge is -2.07. The average Bonchev–Trinajstić information content (AvgIpc) is 3.36. The molecule has 4 aromatic rings. The van der Waals surface area contributed by atoms with E-state index in [1.54, 1.807) is 0 Å². The van der Waals surface area contributed by atoms with Crippen LogP contribution in [-0.4, -0.2) is 25.5 Å². The highest BCUT2D eigenvalue weighted by Gasteiger charge is 2.13. The van der Waals surface area contributed by atoms with E-state index in [9.17, 15) is 4.79 Å². The Morgan fingerprint density at radius 2 is 1.77 bits per heavy atom. The summed E-state index contributed by atoms with van der Waals surface area (Å²) in [7, 11) is 0. The van der Waals surface area contributed by atoms with Crippen LogP contribution in [0.3, 0.4) is 0 Å². The van der Waals surface area contributed by atoms with Crippen molar-refractivity contribution in [3.8, 4) is 16.9 Å². The average molecular weight is 511 g/mol. The number of aryl methyl sites for hydroxylation is 1. The minimum atomic E-state index is -0.00798. The molecule has 0 bridgehead atoms. The topological polar surface area (TPSA) is 64.7 Å². The quantitative estimate of drug-likeness (QED) is 0.376. The van der Waals surface area contributed by atoms with Crippen LogP contribution in [0.15, 0.2) is 73.1 Å². The third-order valence-electron chi connectivity index (χ3n) is 4.93. The van der Waals surface area contributed by atoms with E-state index >= 15 is 0 Å². The minimum Gasteiger partial charge on any atom is -0.352 e. The third-order valence-corrected chi connectivity index (χ3v) is 5.99. The van der Waals surface area contributed by atoms with Crippen molar-refractivity contribution in [3.63, 3.8) is 0 Å². The van der Waals surface area contributed by atoms with E-state index in [0.29, 0.717) is 19.5 Å². The molecule has 30 heavy (non-hydrogen) atoms. The summed E-state index contributed by atoms with van der Waals surface area (Å²) in [6, 6.07) is 20.0. The number of nitrogens with one attached hydrogen (secondary N) is 1. The van der Waals surface area contributed by atoms with Gasteiger partial charge in [0.2, 0.25) is 5.91 Å². The van der Waals surface area contributed by atoms with Crippen molar-refractivity contribution in [3.05, 3.63) is 87.9 Å². The van der Waals surface area contributed by atoms with Crippen molar-refractivity contribution in [2.24, 2.45) is 0 Å². The van der Waals surface area contributed by atoms with Gasteiger partial charge in [-0.1, -0.05) is 48.5 Å². The monoisotopic (exact) mass is 511 g/mol. The maximum absolute atomic E-state index is 12.5. The summed E-state index contributed by atoms with van der Waals surface area (Å²) in [5.41, 5.74) is 4.94. The molecule has 0 unspecified atom stereocenters. The molecule has 2 aromatic carbocycles. The number of hydrogen-bond acceptors (Lipinski definition) is 3. The molecule has 0 aliphatic rings. The second kappa shape index (κ2) is 9.25. The standard InChI is InChI=1S/C23H22IN5O/c1-17-21(24)15-26-28(17)13-12-22(30)25-14-19-16-29(20-10-6-3-7-11-20)27-23(19)18-8-4-2-5-9-18/h2-11,15-16H,12-14H2,1H3,(H,25,30). The Kier molecular flexibility index (Phi) is 6.27. The summed E-state index contributed by atoms with van der Waals surface area (Å²) in [6.45, 7) is 3.00. The van der Waals surface area contributed by atoms with Crippen molar-refractivity contribution in [2.75, 3.05) is 0 Å². The fourth-order valence-electron chi connectivity index (χ4n) is 3.23.